The fourth-order valence-corrected chi connectivity index (χ4v) is 5.12. The van der Waals surface area contributed by atoms with Crippen molar-refractivity contribution in [1.29, 1.82) is 0 Å². The molecule has 4 aliphatic rings. The van der Waals surface area contributed by atoms with Crippen LogP contribution < -0.4 is 5.32 Å². The first-order valence-electron chi connectivity index (χ1n) is 10.0. The molecule has 5 rings (SSSR count). The summed E-state index contributed by atoms with van der Waals surface area (Å²) < 4.78 is 4.90. The maximum absolute atomic E-state index is 11.7. The summed E-state index contributed by atoms with van der Waals surface area (Å²) in [5.41, 5.74) is 3.04. The van der Waals surface area contributed by atoms with Crippen LogP contribution in [0.5, 0.6) is 0 Å². The van der Waals surface area contributed by atoms with Crippen LogP contribution in [0.15, 0.2) is 24.3 Å². The van der Waals surface area contributed by atoms with Gasteiger partial charge in [-0.05, 0) is 48.8 Å². The van der Waals surface area contributed by atoms with Gasteiger partial charge in [0.2, 0.25) is 5.91 Å². The maximum Gasteiger partial charge on any atom is 0.246 e. The van der Waals surface area contributed by atoms with Crippen LogP contribution in [0.1, 0.15) is 24.0 Å². The molecule has 0 radical (unpaired) electrons. The highest BCUT2D eigenvalue weighted by molar-refractivity contribution is 5.77. The summed E-state index contributed by atoms with van der Waals surface area (Å²) in [5.74, 6) is 1.58. The number of nitrogens with zero attached hydrogens (tertiary/aromatic N) is 2. The van der Waals surface area contributed by atoms with Gasteiger partial charge in [0.05, 0.1) is 0 Å². The third kappa shape index (κ3) is 3.95. The smallest absolute Gasteiger partial charge is 0.246 e. The van der Waals surface area contributed by atoms with Gasteiger partial charge in [-0.2, -0.15) is 0 Å². The van der Waals surface area contributed by atoms with Gasteiger partial charge in [-0.15, -0.1) is 0 Å². The van der Waals surface area contributed by atoms with Crippen LogP contribution >= 0.6 is 0 Å². The van der Waals surface area contributed by atoms with Crippen LogP contribution in [0, 0.1) is 11.8 Å². The van der Waals surface area contributed by atoms with Gasteiger partial charge in [-0.3, -0.25) is 14.6 Å². The molecular weight excluding hydrogens is 326 g/mol. The van der Waals surface area contributed by atoms with Crippen LogP contribution in [0.25, 0.3) is 0 Å². The second-order valence-electron chi connectivity index (χ2n) is 8.18. The molecule has 1 unspecified atom stereocenters. The molecule has 1 aromatic carbocycles. The van der Waals surface area contributed by atoms with Crippen molar-refractivity contribution in [2.75, 3.05) is 46.4 Å². The van der Waals surface area contributed by atoms with E-state index in [1.165, 1.54) is 56.6 Å². The average Bonchev–Trinajstić information content (AvgIpc) is 2.67. The van der Waals surface area contributed by atoms with Crippen molar-refractivity contribution in [3.8, 4) is 0 Å². The predicted octanol–water partition coefficient (Wildman–Crippen LogP) is 1.52. The van der Waals surface area contributed by atoms with Crippen molar-refractivity contribution < 1.29 is 9.53 Å². The van der Waals surface area contributed by atoms with Crippen molar-refractivity contribution in [1.82, 2.24) is 15.1 Å². The number of ether oxygens (including phenoxy) is 1. The number of amides is 1. The summed E-state index contributed by atoms with van der Waals surface area (Å²) in [7, 11) is 1.56. The second kappa shape index (κ2) is 8.07. The second-order valence-corrected chi connectivity index (χ2v) is 8.18. The lowest BCUT2D eigenvalue weighted by Crippen LogP contribution is -2.58. The van der Waals surface area contributed by atoms with Crippen molar-refractivity contribution in [2.45, 2.75) is 31.8 Å². The molecule has 1 amide bonds. The Balaban J connectivity index is 1.29. The number of piperidine rings is 3. The van der Waals surface area contributed by atoms with E-state index in [1.807, 2.05) is 0 Å². The molecule has 3 saturated heterocycles. The normalized spacial score (nSPS) is 30.8. The molecule has 0 aliphatic carbocycles. The van der Waals surface area contributed by atoms with E-state index < -0.39 is 0 Å². The van der Waals surface area contributed by atoms with E-state index >= 15 is 0 Å². The summed E-state index contributed by atoms with van der Waals surface area (Å²) in [6.45, 7) is 6.82. The fraction of sp³-hybridized carbons (Fsp3) is 0.667. The third-order valence-corrected chi connectivity index (χ3v) is 6.53. The molecule has 142 valence electrons. The Morgan fingerprint density at radius 3 is 2.88 bits per heavy atom. The number of methoxy groups -OCH3 is 1. The van der Waals surface area contributed by atoms with Crippen LogP contribution in [-0.4, -0.2) is 68.2 Å². The number of hydrogen-bond donors (Lipinski definition) is 1. The van der Waals surface area contributed by atoms with Crippen LogP contribution in [-0.2, 0) is 22.5 Å². The van der Waals surface area contributed by atoms with E-state index in [9.17, 15) is 4.79 Å². The highest BCUT2D eigenvalue weighted by Gasteiger charge is 2.40. The van der Waals surface area contributed by atoms with Crippen LogP contribution in [0.4, 0.5) is 0 Å². The zero-order chi connectivity index (χ0) is 17.9. The molecule has 4 heterocycles. The van der Waals surface area contributed by atoms with E-state index in [-0.39, 0.29) is 12.5 Å². The first-order valence-corrected chi connectivity index (χ1v) is 10.0. The van der Waals surface area contributed by atoms with Gasteiger partial charge >= 0.3 is 0 Å². The van der Waals surface area contributed by atoms with E-state index in [0.29, 0.717) is 6.04 Å². The predicted molar refractivity (Wildman–Crippen MR) is 102 cm³/mol. The Hall–Kier alpha value is -1.43. The van der Waals surface area contributed by atoms with Crippen molar-refractivity contribution in [3.05, 3.63) is 35.4 Å². The first kappa shape index (κ1) is 18.0. The Kier molecular flexibility index (Phi) is 5.57. The van der Waals surface area contributed by atoms with E-state index in [2.05, 4.69) is 39.4 Å². The zero-order valence-electron chi connectivity index (χ0n) is 15.8. The Labute approximate surface area is 156 Å². The van der Waals surface area contributed by atoms with Gasteiger partial charge in [0, 0.05) is 45.9 Å². The summed E-state index contributed by atoms with van der Waals surface area (Å²) >= 11 is 0. The number of carbonyl (C=O) groups is 1. The zero-order valence-corrected chi connectivity index (χ0v) is 15.8. The third-order valence-electron chi connectivity index (χ3n) is 6.53. The van der Waals surface area contributed by atoms with Gasteiger partial charge in [-0.1, -0.05) is 24.3 Å². The summed E-state index contributed by atoms with van der Waals surface area (Å²) in [5, 5.41) is 3.03. The van der Waals surface area contributed by atoms with E-state index in [4.69, 9.17) is 4.74 Å². The molecule has 5 nitrogen and oxygen atoms in total. The molecule has 0 aromatic heterocycles. The largest absolute Gasteiger partial charge is 0.375 e. The Morgan fingerprint density at radius 1 is 1.27 bits per heavy atom. The van der Waals surface area contributed by atoms with Gasteiger partial charge < -0.3 is 10.1 Å². The highest BCUT2D eigenvalue weighted by Crippen LogP contribution is 2.37. The quantitative estimate of drug-likeness (QED) is 0.838. The SMILES string of the molecule is COCC(=O)NC[C@H]1C[C@@H]2CCN1C[C@@H]2CN1CCc2ccccc2C1. The first-order chi connectivity index (χ1) is 12.7. The van der Waals surface area contributed by atoms with Gasteiger partial charge in [-0.25, -0.2) is 0 Å². The lowest BCUT2D eigenvalue weighted by Gasteiger charge is -2.51. The molecule has 0 saturated carbocycles. The molecule has 2 bridgehead atoms. The molecule has 1 N–H and O–H groups in total. The molecule has 4 aliphatic heterocycles. The summed E-state index contributed by atoms with van der Waals surface area (Å²) in [4.78, 5) is 16.9. The molecule has 3 fully saturated rings. The van der Waals surface area contributed by atoms with Crippen LogP contribution in [0.2, 0.25) is 0 Å². The number of rotatable bonds is 6. The van der Waals surface area contributed by atoms with Crippen LogP contribution in [0.3, 0.4) is 0 Å². The van der Waals surface area contributed by atoms with Gasteiger partial charge in [0.15, 0.2) is 0 Å². The van der Waals surface area contributed by atoms with Crippen molar-refractivity contribution in [2.24, 2.45) is 11.8 Å². The van der Waals surface area contributed by atoms with E-state index in [1.54, 1.807) is 7.11 Å². The van der Waals surface area contributed by atoms with Gasteiger partial charge in [0.1, 0.15) is 6.61 Å². The molecular formula is C21H31N3O2. The topological polar surface area (TPSA) is 44.8 Å². The average molecular weight is 357 g/mol. The molecule has 26 heavy (non-hydrogen) atoms. The number of nitrogens with one attached hydrogen (secondary N) is 1. The summed E-state index contributed by atoms with van der Waals surface area (Å²) in [6.07, 6.45) is 3.73. The minimum Gasteiger partial charge on any atom is -0.375 e. The minimum atomic E-state index is -0.00122. The molecule has 5 heteroatoms. The maximum atomic E-state index is 11.7. The number of carbonyl (C=O) groups excluding carboxylic acids is 1. The highest BCUT2D eigenvalue weighted by atomic mass is 16.5. The Morgan fingerprint density at radius 2 is 2.12 bits per heavy atom. The summed E-state index contributed by atoms with van der Waals surface area (Å²) in [6, 6.07) is 9.40. The standard InChI is InChI=1S/C21H31N3O2/c1-26-15-21(25)22-11-20-10-17-7-9-24(20)14-19(17)13-23-8-6-16-4-2-3-5-18(16)12-23/h2-5,17,19-20H,6-15H2,1H3,(H,22,25)/t17-,19-,20+/m0/s1. The monoisotopic (exact) mass is 357 g/mol. The molecule has 4 atom stereocenters. The number of benzene rings is 1. The Bertz CT molecular complexity index is 635. The minimum absolute atomic E-state index is 0.00122. The fourth-order valence-electron chi connectivity index (χ4n) is 5.12. The van der Waals surface area contributed by atoms with Gasteiger partial charge in [0.25, 0.3) is 0 Å². The number of hydrogen-bond acceptors (Lipinski definition) is 4. The van der Waals surface area contributed by atoms with E-state index in [0.717, 1.165) is 24.9 Å². The van der Waals surface area contributed by atoms with Crippen molar-refractivity contribution >= 4 is 5.91 Å². The van der Waals surface area contributed by atoms with Crippen molar-refractivity contribution in [3.63, 3.8) is 0 Å². The molecule has 0 spiro atoms. The molecule has 1 aromatic rings. The lowest BCUT2D eigenvalue weighted by atomic mass is 9.75. The lowest BCUT2D eigenvalue weighted by molar-refractivity contribution is -0.125. The number of fused-ring (bicyclic) bond motifs is 4.